The molecule has 1 atom stereocenters. The second kappa shape index (κ2) is 9.96. The van der Waals surface area contributed by atoms with Gasteiger partial charge in [-0.3, -0.25) is 14.5 Å². The summed E-state index contributed by atoms with van der Waals surface area (Å²) in [4.78, 5) is 33.1. The van der Waals surface area contributed by atoms with E-state index in [9.17, 15) is 9.59 Å². The first-order valence-electron chi connectivity index (χ1n) is 11.4. The Morgan fingerprint density at radius 1 is 1.18 bits per heavy atom. The van der Waals surface area contributed by atoms with E-state index in [1.54, 1.807) is 18.3 Å². The smallest absolute Gasteiger partial charge is 0.246 e. The summed E-state index contributed by atoms with van der Waals surface area (Å²) >= 11 is 0. The minimum Gasteiger partial charge on any atom is -0.335 e. The first-order chi connectivity index (χ1) is 15.9. The predicted molar refractivity (Wildman–Crippen MR) is 133 cm³/mol. The maximum atomic E-state index is 13.1. The van der Waals surface area contributed by atoms with Gasteiger partial charge in [-0.1, -0.05) is 49.7 Å². The molecular weight excluding hydrogens is 412 g/mol. The molecule has 1 aliphatic rings. The minimum absolute atomic E-state index is 0.00536. The number of amides is 2. The largest absolute Gasteiger partial charge is 0.335 e. The number of benzene rings is 2. The topological polar surface area (TPSA) is 65.5 Å². The van der Waals surface area contributed by atoms with Gasteiger partial charge in [0.15, 0.2) is 0 Å². The number of carbonyl (C=O) groups is 2. The summed E-state index contributed by atoms with van der Waals surface area (Å²) in [6.45, 7) is 3.09. The maximum Gasteiger partial charge on any atom is 0.246 e. The third-order valence-corrected chi connectivity index (χ3v) is 6.05. The molecule has 170 valence electrons. The molecule has 0 fully saturated rings. The van der Waals surface area contributed by atoms with Crippen molar-refractivity contribution in [3.8, 4) is 0 Å². The van der Waals surface area contributed by atoms with Gasteiger partial charge in [-0.25, -0.2) is 4.98 Å². The van der Waals surface area contributed by atoms with Crippen LogP contribution in [0.15, 0.2) is 60.8 Å². The number of likely N-dealkylation sites (N-methyl/N-ethyl adjacent to an activating group) is 2. The molecule has 1 aliphatic heterocycles. The van der Waals surface area contributed by atoms with Crippen LogP contribution in [0.3, 0.4) is 0 Å². The van der Waals surface area contributed by atoms with Crippen LogP contribution < -0.4 is 5.32 Å². The van der Waals surface area contributed by atoms with E-state index >= 15 is 0 Å². The van der Waals surface area contributed by atoms with Crippen LogP contribution in [0.4, 0.5) is 5.82 Å². The van der Waals surface area contributed by atoms with Crippen LogP contribution in [0.1, 0.15) is 42.5 Å². The van der Waals surface area contributed by atoms with E-state index in [4.69, 9.17) is 0 Å². The van der Waals surface area contributed by atoms with Gasteiger partial charge in [0, 0.05) is 31.4 Å². The van der Waals surface area contributed by atoms with Crippen LogP contribution in [0.25, 0.3) is 16.8 Å². The Balaban J connectivity index is 1.53. The number of carbonyl (C=O) groups excluding carboxylic acids is 2. The summed E-state index contributed by atoms with van der Waals surface area (Å²) in [5, 5.41) is 5.21. The number of pyridine rings is 1. The summed E-state index contributed by atoms with van der Waals surface area (Å²) in [5.41, 5.74) is 2.91. The second-order valence-electron chi connectivity index (χ2n) is 8.69. The first-order valence-corrected chi connectivity index (χ1v) is 11.4. The van der Waals surface area contributed by atoms with E-state index in [1.807, 2.05) is 42.1 Å². The monoisotopic (exact) mass is 442 g/mol. The Morgan fingerprint density at radius 3 is 2.76 bits per heavy atom. The van der Waals surface area contributed by atoms with Crippen molar-refractivity contribution in [2.45, 2.75) is 32.4 Å². The molecular formula is C27H30N4O2. The maximum absolute atomic E-state index is 13.1. The van der Waals surface area contributed by atoms with Gasteiger partial charge in [-0.05, 0) is 53.6 Å². The zero-order valence-electron chi connectivity index (χ0n) is 19.4. The minimum atomic E-state index is -0.0699. The molecule has 4 rings (SSSR count). The van der Waals surface area contributed by atoms with Crippen LogP contribution in [0.5, 0.6) is 0 Å². The van der Waals surface area contributed by atoms with Crippen LogP contribution >= 0.6 is 0 Å². The van der Waals surface area contributed by atoms with Gasteiger partial charge < -0.3 is 10.2 Å². The van der Waals surface area contributed by atoms with Crippen LogP contribution in [-0.4, -0.2) is 47.2 Å². The lowest BCUT2D eigenvalue weighted by atomic mass is 9.97. The zero-order valence-corrected chi connectivity index (χ0v) is 19.4. The molecule has 0 aliphatic carbocycles. The van der Waals surface area contributed by atoms with E-state index < -0.39 is 0 Å². The Kier molecular flexibility index (Phi) is 6.84. The van der Waals surface area contributed by atoms with Gasteiger partial charge in [0.2, 0.25) is 11.8 Å². The number of nitrogens with zero attached hydrogens (tertiary/aromatic N) is 3. The molecule has 1 N–H and O–H groups in total. The fraction of sp³-hybridized carbons (Fsp3) is 0.296. The van der Waals surface area contributed by atoms with Gasteiger partial charge in [0.1, 0.15) is 5.82 Å². The number of fused-ring (bicyclic) bond motifs is 2. The fourth-order valence-electron chi connectivity index (χ4n) is 4.33. The molecule has 0 spiro atoms. The summed E-state index contributed by atoms with van der Waals surface area (Å²) in [6.07, 6.45) is 6.95. The second-order valence-corrected chi connectivity index (χ2v) is 8.69. The molecule has 3 aromatic rings. The lowest BCUT2D eigenvalue weighted by Gasteiger charge is -2.28. The van der Waals surface area contributed by atoms with Gasteiger partial charge in [0.05, 0.1) is 12.6 Å². The number of rotatable bonds is 6. The van der Waals surface area contributed by atoms with Crippen LogP contribution in [0, 0.1) is 0 Å². The standard InChI is InChI=1S/C27H30N4O2/c1-4-7-24(22-12-11-20-8-5-6-9-21(20)15-22)31(3)26(33)13-10-19-14-23-17-30(2)18-25(32)29-27(23)28-16-19/h5-6,8-16,24H,4,7,17-18H2,1-3H3,(H,28,29,32). The van der Waals surface area contributed by atoms with Gasteiger partial charge in [0.25, 0.3) is 0 Å². The number of nitrogens with one attached hydrogen (secondary N) is 1. The van der Waals surface area contributed by atoms with E-state index in [2.05, 4.69) is 47.6 Å². The molecule has 0 radical (unpaired) electrons. The lowest BCUT2D eigenvalue weighted by molar-refractivity contribution is -0.127. The highest BCUT2D eigenvalue weighted by Gasteiger charge is 2.20. The van der Waals surface area contributed by atoms with Gasteiger partial charge in [-0.2, -0.15) is 0 Å². The van der Waals surface area contributed by atoms with E-state index in [1.165, 1.54) is 10.8 Å². The van der Waals surface area contributed by atoms with E-state index in [0.717, 1.165) is 29.5 Å². The highest BCUT2D eigenvalue weighted by atomic mass is 16.2. The molecule has 6 nitrogen and oxygen atoms in total. The molecule has 1 aromatic heterocycles. The van der Waals surface area contributed by atoms with E-state index in [0.29, 0.717) is 18.9 Å². The van der Waals surface area contributed by atoms with Crippen molar-refractivity contribution in [3.05, 3.63) is 77.5 Å². The zero-order chi connectivity index (χ0) is 23.4. The molecule has 0 saturated heterocycles. The summed E-state index contributed by atoms with van der Waals surface area (Å²) in [5.74, 6) is 0.464. The number of anilines is 1. The molecule has 0 saturated carbocycles. The Bertz CT molecular complexity index is 1200. The van der Waals surface area contributed by atoms with Crippen molar-refractivity contribution < 1.29 is 9.59 Å². The summed E-state index contributed by atoms with van der Waals surface area (Å²) in [7, 11) is 3.76. The van der Waals surface area contributed by atoms with Crippen LogP contribution in [0.2, 0.25) is 0 Å². The highest BCUT2D eigenvalue weighted by Crippen LogP contribution is 2.28. The fourth-order valence-corrected chi connectivity index (χ4v) is 4.33. The molecule has 2 aromatic carbocycles. The normalized spacial score (nSPS) is 15.2. The van der Waals surface area contributed by atoms with Gasteiger partial charge >= 0.3 is 0 Å². The predicted octanol–water partition coefficient (Wildman–Crippen LogP) is 4.63. The van der Waals surface area contributed by atoms with E-state index in [-0.39, 0.29) is 17.9 Å². The summed E-state index contributed by atoms with van der Waals surface area (Å²) in [6, 6.07) is 16.7. The number of hydrogen-bond acceptors (Lipinski definition) is 4. The SMILES string of the molecule is CCCC(c1ccc2ccccc2c1)N(C)C(=O)C=Cc1cnc2c(c1)CN(C)CC(=O)N2. The van der Waals surface area contributed by atoms with Crippen molar-refractivity contribution in [2.24, 2.45) is 0 Å². The number of hydrogen-bond donors (Lipinski definition) is 1. The molecule has 0 bridgehead atoms. The van der Waals surface area contributed by atoms with Crippen molar-refractivity contribution >= 4 is 34.5 Å². The summed E-state index contributed by atoms with van der Waals surface area (Å²) < 4.78 is 0. The van der Waals surface area contributed by atoms with Crippen molar-refractivity contribution in [1.82, 2.24) is 14.8 Å². The molecule has 6 heteroatoms. The Hall–Kier alpha value is -3.51. The third-order valence-electron chi connectivity index (χ3n) is 6.05. The quantitative estimate of drug-likeness (QED) is 0.565. The van der Waals surface area contributed by atoms with Crippen molar-refractivity contribution in [3.63, 3.8) is 0 Å². The van der Waals surface area contributed by atoms with Crippen LogP contribution in [-0.2, 0) is 16.1 Å². The first kappa shape index (κ1) is 22.7. The average molecular weight is 443 g/mol. The lowest BCUT2D eigenvalue weighted by Crippen LogP contribution is -2.29. The van der Waals surface area contributed by atoms with Crippen molar-refractivity contribution in [2.75, 3.05) is 26.0 Å². The van der Waals surface area contributed by atoms with Gasteiger partial charge in [-0.15, -0.1) is 0 Å². The average Bonchev–Trinajstić information content (AvgIpc) is 2.95. The Morgan fingerprint density at radius 2 is 1.97 bits per heavy atom. The number of aromatic nitrogens is 1. The molecule has 33 heavy (non-hydrogen) atoms. The Labute approximate surface area is 194 Å². The molecule has 1 unspecified atom stereocenters. The third kappa shape index (κ3) is 5.29. The van der Waals surface area contributed by atoms with Crippen molar-refractivity contribution in [1.29, 1.82) is 0 Å². The highest BCUT2D eigenvalue weighted by molar-refractivity contribution is 5.94. The molecule has 2 amide bonds. The molecule has 2 heterocycles.